The first-order chi connectivity index (χ1) is 12.4. The van der Waals surface area contributed by atoms with E-state index < -0.39 is 5.97 Å². The lowest BCUT2D eigenvalue weighted by molar-refractivity contribution is -0.134. The molecule has 1 amide bonds. The minimum Gasteiger partial charge on any atom is -0.484 e. The SMILES string of the molecule is Cc1cc(OCC(=O)N2CCC(n3cc(C(=O)O)cn3)CC2)ccc1Cl. The van der Waals surface area contributed by atoms with Gasteiger partial charge in [-0.15, -0.1) is 0 Å². The van der Waals surface area contributed by atoms with E-state index in [9.17, 15) is 9.59 Å². The first kappa shape index (κ1) is 18.3. The molecule has 1 aromatic carbocycles. The summed E-state index contributed by atoms with van der Waals surface area (Å²) in [5.41, 5.74) is 1.08. The van der Waals surface area contributed by atoms with E-state index in [2.05, 4.69) is 5.10 Å². The standard InChI is InChI=1S/C18H20ClN3O4/c1-12-8-15(2-3-16(12)19)26-11-17(23)21-6-4-14(5-7-21)22-10-13(9-20-22)18(24)25/h2-3,8-10,14H,4-7,11H2,1H3,(H,24,25). The number of amides is 1. The number of hydrogen-bond donors (Lipinski definition) is 1. The number of carbonyl (C=O) groups excluding carboxylic acids is 1. The number of carbonyl (C=O) groups is 2. The summed E-state index contributed by atoms with van der Waals surface area (Å²) in [4.78, 5) is 25.0. The molecule has 2 heterocycles. The molecule has 1 aromatic heterocycles. The van der Waals surface area contributed by atoms with Crippen LogP contribution in [0.15, 0.2) is 30.6 Å². The molecule has 0 atom stereocenters. The van der Waals surface area contributed by atoms with Gasteiger partial charge in [0.1, 0.15) is 5.75 Å². The van der Waals surface area contributed by atoms with E-state index in [4.69, 9.17) is 21.4 Å². The van der Waals surface area contributed by atoms with Crippen molar-refractivity contribution in [2.24, 2.45) is 0 Å². The second-order valence-corrected chi connectivity index (χ2v) is 6.73. The Morgan fingerprint density at radius 1 is 1.35 bits per heavy atom. The summed E-state index contributed by atoms with van der Waals surface area (Å²) >= 11 is 5.98. The Morgan fingerprint density at radius 3 is 2.69 bits per heavy atom. The van der Waals surface area contributed by atoms with Crippen molar-refractivity contribution >= 4 is 23.5 Å². The van der Waals surface area contributed by atoms with Gasteiger partial charge in [-0.3, -0.25) is 9.48 Å². The summed E-state index contributed by atoms with van der Waals surface area (Å²) in [5, 5.41) is 13.8. The van der Waals surface area contributed by atoms with Crippen LogP contribution in [0.2, 0.25) is 5.02 Å². The minimum absolute atomic E-state index is 0.0172. The fraction of sp³-hybridized carbons (Fsp3) is 0.389. The molecule has 1 N–H and O–H groups in total. The number of aryl methyl sites for hydroxylation is 1. The van der Waals surface area contributed by atoms with Crippen LogP contribution in [0.25, 0.3) is 0 Å². The quantitative estimate of drug-likeness (QED) is 0.866. The molecule has 0 aliphatic carbocycles. The van der Waals surface area contributed by atoms with Gasteiger partial charge >= 0.3 is 5.97 Å². The maximum Gasteiger partial charge on any atom is 0.338 e. The normalized spacial score (nSPS) is 15.1. The van der Waals surface area contributed by atoms with E-state index in [0.717, 1.165) is 18.4 Å². The van der Waals surface area contributed by atoms with Crippen LogP contribution >= 0.6 is 11.6 Å². The van der Waals surface area contributed by atoms with Gasteiger partial charge < -0.3 is 14.7 Å². The first-order valence-corrected chi connectivity index (χ1v) is 8.76. The first-order valence-electron chi connectivity index (χ1n) is 8.38. The van der Waals surface area contributed by atoms with Gasteiger partial charge in [0.15, 0.2) is 6.61 Å². The van der Waals surface area contributed by atoms with Gasteiger partial charge in [-0.05, 0) is 43.5 Å². The van der Waals surface area contributed by atoms with E-state index in [-0.39, 0.29) is 24.1 Å². The number of piperidine rings is 1. The van der Waals surface area contributed by atoms with Crippen molar-refractivity contribution < 1.29 is 19.4 Å². The van der Waals surface area contributed by atoms with Crippen molar-refractivity contribution in [1.29, 1.82) is 0 Å². The molecular formula is C18H20ClN3O4. The van der Waals surface area contributed by atoms with Crippen molar-refractivity contribution in [2.45, 2.75) is 25.8 Å². The highest BCUT2D eigenvalue weighted by atomic mass is 35.5. The van der Waals surface area contributed by atoms with Crippen LogP contribution in [0.5, 0.6) is 5.75 Å². The summed E-state index contributed by atoms with van der Waals surface area (Å²) in [6.07, 6.45) is 4.34. The molecule has 0 radical (unpaired) electrons. The fourth-order valence-corrected chi connectivity index (χ4v) is 3.09. The van der Waals surface area contributed by atoms with Crippen LogP contribution in [0.4, 0.5) is 0 Å². The van der Waals surface area contributed by atoms with E-state index in [1.165, 1.54) is 12.4 Å². The number of likely N-dealkylation sites (tertiary alicyclic amines) is 1. The molecule has 7 nitrogen and oxygen atoms in total. The monoisotopic (exact) mass is 377 g/mol. The average Bonchev–Trinajstić information content (AvgIpc) is 3.13. The summed E-state index contributed by atoms with van der Waals surface area (Å²) in [5.74, 6) is -0.436. The van der Waals surface area contributed by atoms with Gasteiger partial charge in [-0.25, -0.2) is 4.79 Å². The summed E-state index contributed by atoms with van der Waals surface area (Å²) in [7, 11) is 0. The third-order valence-corrected chi connectivity index (χ3v) is 4.96. The molecule has 2 aromatic rings. The van der Waals surface area contributed by atoms with Crippen molar-refractivity contribution in [3.8, 4) is 5.75 Å². The second kappa shape index (κ2) is 7.78. The van der Waals surface area contributed by atoms with Crippen LogP contribution in [-0.4, -0.2) is 51.4 Å². The lowest BCUT2D eigenvalue weighted by atomic mass is 10.1. The topological polar surface area (TPSA) is 84.7 Å². The Bertz CT molecular complexity index is 813. The second-order valence-electron chi connectivity index (χ2n) is 6.33. The Labute approximate surface area is 156 Å². The van der Waals surface area contributed by atoms with Gasteiger partial charge in [0, 0.05) is 24.3 Å². The highest BCUT2D eigenvalue weighted by molar-refractivity contribution is 6.31. The fourth-order valence-electron chi connectivity index (χ4n) is 2.97. The van der Waals surface area contributed by atoms with Gasteiger partial charge in [0.2, 0.25) is 0 Å². The highest BCUT2D eigenvalue weighted by Gasteiger charge is 2.25. The predicted molar refractivity (Wildman–Crippen MR) is 95.7 cm³/mol. The van der Waals surface area contributed by atoms with E-state index in [0.29, 0.717) is 23.9 Å². The molecule has 3 rings (SSSR count). The number of carboxylic acids is 1. The van der Waals surface area contributed by atoms with Crippen LogP contribution in [0.1, 0.15) is 34.8 Å². The number of nitrogens with zero attached hydrogens (tertiary/aromatic N) is 3. The zero-order chi connectivity index (χ0) is 18.7. The van der Waals surface area contributed by atoms with Gasteiger partial charge in [0.05, 0.1) is 17.8 Å². The molecule has 26 heavy (non-hydrogen) atoms. The number of benzene rings is 1. The molecule has 1 aliphatic heterocycles. The lowest BCUT2D eigenvalue weighted by Crippen LogP contribution is -2.41. The Morgan fingerprint density at radius 2 is 2.08 bits per heavy atom. The smallest absolute Gasteiger partial charge is 0.338 e. The summed E-state index contributed by atoms with van der Waals surface area (Å²) < 4.78 is 7.24. The predicted octanol–water partition coefficient (Wildman–Crippen LogP) is 2.79. The zero-order valence-corrected chi connectivity index (χ0v) is 15.1. The van der Waals surface area contributed by atoms with Crippen molar-refractivity contribution in [3.05, 3.63) is 46.7 Å². The Hall–Kier alpha value is -2.54. The zero-order valence-electron chi connectivity index (χ0n) is 14.4. The molecule has 0 unspecified atom stereocenters. The molecule has 1 fully saturated rings. The lowest BCUT2D eigenvalue weighted by Gasteiger charge is -2.32. The molecule has 0 bridgehead atoms. The molecule has 0 saturated carbocycles. The number of halogens is 1. The van der Waals surface area contributed by atoms with Crippen LogP contribution in [0.3, 0.4) is 0 Å². The largest absolute Gasteiger partial charge is 0.484 e. The number of aromatic nitrogens is 2. The van der Waals surface area contributed by atoms with E-state index in [1.807, 2.05) is 6.92 Å². The van der Waals surface area contributed by atoms with E-state index in [1.54, 1.807) is 27.8 Å². The number of carboxylic acid groups (broad SMARTS) is 1. The van der Waals surface area contributed by atoms with Crippen molar-refractivity contribution in [2.75, 3.05) is 19.7 Å². The highest BCUT2D eigenvalue weighted by Crippen LogP contribution is 2.23. The number of hydrogen-bond acceptors (Lipinski definition) is 4. The summed E-state index contributed by atoms with van der Waals surface area (Å²) in [6, 6.07) is 5.40. The van der Waals surface area contributed by atoms with Crippen LogP contribution < -0.4 is 4.74 Å². The molecule has 1 saturated heterocycles. The van der Waals surface area contributed by atoms with Gasteiger partial charge in [-0.2, -0.15) is 5.10 Å². The summed E-state index contributed by atoms with van der Waals surface area (Å²) in [6.45, 7) is 3.05. The Kier molecular flexibility index (Phi) is 5.46. The number of ether oxygens (including phenoxy) is 1. The molecule has 138 valence electrons. The molecule has 8 heteroatoms. The molecular weight excluding hydrogens is 358 g/mol. The third-order valence-electron chi connectivity index (χ3n) is 4.53. The molecule has 0 spiro atoms. The van der Waals surface area contributed by atoms with Crippen molar-refractivity contribution in [3.63, 3.8) is 0 Å². The average molecular weight is 378 g/mol. The van der Waals surface area contributed by atoms with Crippen molar-refractivity contribution in [1.82, 2.24) is 14.7 Å². The van der Waals surface area contributed by atoms with Crippen LogP contribution in [0, 0.1) is 6.92 Å². The Balaban J connectivity index is 1.49. The minimum atomic E-state index is -0.988. The number of rotatable bonds is 5. The third kappa shape index (κ3) is 4.16. The molecule has 1 aliphatic rings. The van der Waals surface area contributed by atoms with Gasteiger partial charge in [0.25, 0.3) is 5.91 Å². The maximum atomic E-state index is 12.3. The maximum absolute atomic E-state index is 12.3. The number of aromatic carboxylic acids is 1. The van der Waals surface area contributed by atoms with E-state index >= 15 is 0 Å². The van der Waals surface area contributed by atoms with Gasteiger partial charge in [-0.1, -0.05) is 11.6 Å². The van der Waals surface area contributed by atoms with Crippen LogP contribution in [-0.2, 0) is 4.79 Å².